The predicted octanol–water partition coefficient (Wildman–Crippen LogP) is 5.89. The lowest BCUT2D eigenvalue weighted by atomic mass is 10.1. The highest BCUT2D eigenvalue weighted by Gasteiger charge is 2.23. The first-order valence-electron chi connectivity index (χ1n) is 10.7. The topological polar surface area (TPSA) is 88.5 Å². The van der Waals surface area contributed by atoms with Gasteiger partial charge in [-0.1, -0.05) is 53.7 Å². The first-order chi connectivity index (χ1) is 16.5. The van der Waals surface area contributed by atoms with Crippen molar-refractivity contribution in [2.24, 2.45) is 0 Å². The van der Waals surface area contributed by atoms with Crippen LogP contribution < -0.4 is 5.32 Å². The summed E-state index contributed by atoms with van der Waals surface area (Å²) in [6.45, 7) is 3.87. The van der Waals surface area contributed by atoms with Crippen LogP contribution in [0.2, 0.25) is 5.15 Å². The van der Waals surface area contributed by atoms with Crippen LogP contribution in [0.3, 0.4) is 0 Å². The molecule has 34 heavy (non-hydrogen) atoms. The molecule has 170 valence electrons. The van der Waals surface area contributed by atoms with Gasteiger partial charge in [-0.25, -0.2) is 4.98 Å². The predicted molar refractivity (Wildman–Crippen MR) is 137 cm³/mol. The maximum Gasteiger partial charge on any atom is 0.237 e. The molecule has 0 aliphatic heterocycles. The molecule has 1 atom stereocenters. The summed E-state index contributed by atoms with van der Waals surface area (Å²) in [7, 11) is 0. The van der Waals surface area contributed by atoms with Crippen LogP contribution in [0.1, 0.15) is 12.5 Å². The van der Waals surface area contributed by atoms with Crippen LogP contribution in [0.4, 0.5) is 5.69 Å². The van der Waals surface area contributed by atoms with Gasteiger partial charge in [-0.15, -0.1) is 10.2 Å². The monoisotopic (exact) mass is 488 g/mol. The van der Waals surface area contributed by atoms with E-state index in [-0.39, 0.29) is 11.1 Å². The fourth-order valence-electron chi connectivity index (χ4n) is 3.70. The number of para-hydroxylation sites is 1. The van der Waals surface area contributed by atoms with Crippen molar-refractivity contribution in [3.05, 3.63) is 83.8 Å². The van der Waals surface area contributed by atoms with Gasteiger partial charge in [0.25, 0.3) is 0 Å². The van der Waals surface area contributed by atoms with Crippen LogP contribution in [0.5, 0.6) is 0 Å². The van der Waals surface area contributed by atoms with E-state index in [0.29, 0.717) is 16.7 Å². The van der Waals surface area contributed by atoms with Crippen molar-refractivity contribution in [1.29, 1.82) is 0 Å². The maximum absolute atomic E-state index is 12.9. The summed E-state index contributed by atoms with van der Waals surface area (Å²) in [6.07, 6.45) is 3.52. The average molecular weight is 489 g/mol. The molecule has 9 heteroatoms. The first-order valence-corrected chi connectivity index (χ1v) is 11.9. The Morgan fingerprint density at radius 1 is 1.12 bits per heavy atom. The number of nitrogens with one attached hydrogen (secondary N) is 2. The minimum atomic E-state index is -0.458. The number of rotatable bonds is 6. The fourth-order valence-corrected chi connectivity index (χ4v) is 4.74. The molecule has 2 aromatic carbocycles. The standard InChI is InChI=1S/C25H21ClN6OS/c1-15-7-5-8-17(13-15)32-23(19-14-28-20-10-4-3-9-18(19)20)30-31-25(32)34-16(2)24(33)29-21-11-6-12-27-22(21)26/h3-14,16,28H,1-2H3,(H,29,33). The lowest BCUT2D eigenvalue weighted by molar-refractivity contribution is -0.115. The van der Waals surface area contributed by atoms with Crippen molar-refractivity contribution in [1.82, 2.24) is 24.7 Å². The Bertz CT molecular complexity index is 1490. The molecule has 5 aromatic rings. The molecule has 3 heterocycles. The van der Waals surface area contributed by atoms with Crippen molar-refractivity contribution in [2.75, 3.05) is 5.32 Å². The first kappa shape index (κ1) is 22.2. The van der Waals surface area contributed by atoms with Crippen LogP contribution >= 0.6 is 23.4 Å². The number of pyridine rings is 1. The number of H-pyrrole nitrogens is 1. The SMILES string of the molecule is Cc1cccc(-n2c(SC(C)C(=O)Nc3cccnc3Cl)nnc2-c2c[nH]c3ccccc23)c1. The number of carbonyl (C=O) groups excluding carboxylic acids is 1. The number of anilines is 1. The summed E-state index contributed by atoms with van der Waals surface area (Å²) >= 11 is 7.43. The van der Waals surface area contributed by atoms with Gasteiger partial charge in [0.15, 0.2) is 16.1 Å². The van der Waals surface area contributed by atoms with Crippen molar-refractivity contribution in [3.8, 4) is 17.1 Å². The zero-order valence-corrected chi connectivity index (χ0v) is 20.1. The molecule has 0 aliphatic carbocycles. The van der Waals surface area contributed by atoms with E-state index in [2.05, 4.69) is 37.6 Å². The smallest absolute Gasteiger partial charge is 0.237 e. The van der Waals surface area contributed by atoms with E-state index in [9.17, 15) is 4.79 Å². The molecule has 0 bridgehead atoms. The van der Waals surface area contributed by atoms with E-state index < -0.39 is 5.25 Å². The Morgan fingerprint density at radius 3 is 2.79 bits per heavy atom. The molecule has 0 saturated carbocycles. The number of fused-ring (bicyclic) bond motifs is 1. The minimum Gasteiger partial charge on any atom is -0.360 e. The van der Waals surface area contributed by atoms with Gasteiger partial charge in [0, 0.05) is 34.5 Å². The third-order valence-electron chi connectivity index (χ3n) is 5.39. The molecule has 0 radical (unpaired) electrons. The van der Waals surface area contributed by atoms with Gasteiger partial charge in [0.2, 0.25) is 5.91 Å². The lowest BCUT2D eigenvalue weighted by Gasteiger charge is -2.14. The second-order valence-electron chi connectivity index (χ2n) is 7.82. The summed E-state index contributed by atoms with van der Waals surface area (Å²) in [5, 5.41) is 13.3. The van der Waals surface area contributed by atoms with E-state index in [4.69, 9.17) is 11.6 Å². The third kappa shape index (κ3) is 4.30. The van der Waals surface area contributed by atoms with Gasteiger partial charge in [-0.3, -0.25) is 9.36 Å². The Hall–Kier alpha value is -3.62. The quantitative estimate of drug-likeness (QED) is 0.230. The number of hydrogen-bond donors (Lipinski definition) is 2. The molecule has 7 nitrogen and oxygen atoms in total. The number of amides is 1. The zero-order chi connectivity index (χ0) is 23.7. The van der Waals surface area contributed by atoms with Crippen LogP contribution in [-0.2, 0) is 4.79 Å². The van der Waals surface area contributed by atoms with Crippen LogP contribution in [0, 0.1) is 6.92 Å². The average Bonchev–Trinajstić information content (AvgIpc) is 3.44. The van der Waals surface area contributed by atoms with E-state index in [1.165, 1.54) is 11.8 Å². The highest BCUT2D eigenvalue weighted by Crippen LogP contribution is 2.34. The number of nitrogens with zero attached hydrogens (tertiary/aromatic N) is 4. The number of carbonyl (C=O) groups is 1. The molecule has 0 aliphatic rings. The number of benzene rings is 2. The fraction of sp³-hybridized carbons (Fsp3) is 0.120. The van der Waals surface area contributed by atoms with E-state index in [0.717, 1.165) is 27.7 Å². The van der Waals surface area contributed by atoms with Crippen molar-refractivity contribution in [2.45, 2.75) is 24.3 Å². The van der Waals surface area contributed by atoms with Crippen LogP contribution in [-0.4, -0.2) is 35.9 Å². The second kappa shape index (κ2) is 9.32. The van der Waals surface area contributed by atoms with Crippen molar-refractivity contribution < 1.29 is 4.79 Å². The molecule has 0 saturated heterocycles. The molecule has 1 amide bonds. The Kier molecular flexibility index (Phi) is 6.08. The minimum absolute atomic E-state index is 0.202. The molecular formula is C25H21ClN6OS. The summed E-state index contributed by atoms with van der Waals surface area (Å²) < 4.78 is 1.99. The normalized spacial score (nSPS) is 12.1. The van der Waals surface area contributed by atoms with E-state index >= 15 is 0 Å². The summed E-state index contributed by atoms with van der Waals surface area (Å²) in [5.74, 6) is 0.501. The summed E-state index contributed by atoms with van der Waals surface area (Å²) in [6, 6.07) is 19.6. The third-order valence-corrected chi connectivity index (χ3v) is 6.74. The molecular weight excluding hydrogens is 468 g/mol. The van der Waals surface area contributed by atoms with Gasteiger partial charge >= 0.3 is 0 Å². The number of hydrogen-bond acceptors (Lipinski definition) is 5. The number of halogens is 1. The van der Waals surface area contributed by atoms with E-state index in [1.54, 1.807) is 18.3 Å². The summed E-state index contributed by atoms with van der Waals surface area (Å²) in [4.78, 5) is 20.2. The van der Waals surface area contributed by atoms with Crippen LogP contribution in [0.25, 0.3) is 28.0 Å². The van der Waals surface area contributed by atoms with E-state index in [1.807, 2.05) is 61.0 Å². The van der Waals surface area contributed by atoms with Gasteiger partial charge in [0.05, 0.1) is 10.9 Å². The van der Waals surface area contributed by atoms with Gasteiger partial charge in [-0.2, -0.15) is 0 Å². The number of aromatic amines is 1. The largest absolute Gasteiger partial charge is 0.360 e. The maximum atomic E-state index is 12.9. The lowest BCUT2D eigenvalue weighted by Crippen LogP contribution is -2.23. The second-order valence-corrected chi connectivity index (χ2v) is 9.49. The van der Waals surface area contributed by atoms with Gasteiger partial charge in [0.1, 0.15) is 0 Å². The molecule has 0 fully saturated rings. The molecule has 1 unspecified atom stereocenters. The Balaban J connectivity index is 1.52. The van der Waals surface area contributed by atoms with Crippen molar-refractivity contribution in [3.63, 3.8) is 0 Å². The molecule has 3 aromatic heterocycles. The Morgan fingerprint density at radius 2 is 1.97 bits per heavy atom. The highest BCUT2D eigenvalue weighted by molar-refractivity contribution is 8.00. The zero-order valence-electron chi connectivity index (χ0n) is 18.5. The molecule has 2 N–H and O–H groups in total. The Labute approximate surface area is 205 Å². The number of thioether (sulfide) groups is 1. The number of aryl methyl sites for hydroxylation is 1. The molecule has 0 spiro atoms. The number of aromatic nitrogens is 5. The van der Waals surface area contributed by atoms with Gasteiger partial charge in [-0.05, 0) is 49.7 Å². The molecule has 5 rings (SSSR count). The highest BCUT2D eigenvalue weighted by atomic mass is 35.5. The summed E-state index contributed by atoms with van der Waals surface area (Å²) in [5.41, 5.74) is 4.48. The van der Waals surface area contributed by atoms with Gasteiger partial charge < -0.3 is 10.3 Å². The van der Waals surface area contributed by atoms with Crippen LogP contribution in [0.15, 0.2) is 78.2 Å². The van der Waals surface area contributed by atoms with Crippen molar-refractivity contribution >= 4 is 45.9 Å².